The number of rotatable bonds is 3. The third-order valence-electron chi connectivity index (χ3n) is 1.72. The summed E-state index contributed by atoms with van der Waals surface area (Å²) in [6.45, 7) is 0.872. The minimum Gasteiger partial charge on any atom is -0.271 e. The molecule has 1 aliphatic carbocycles. The van der Waals surface area contributed by atoms with E-state index >= 15 is 0 Å². The van der Waals surface area contributed by atoms with Crippen molar-refractivity contribution in [2.45, 2.75) is 12.8 Å². The van der Waals surface area contributed by atoms with Gasteiger partial charge >= 0.3 is 0 Å². The second-order valence-electron chi connectivity index (χ2n) is 2.51. The summed E-state index contributed by atoms with van der Waals surface area (Å²) in [6, 6.07) is 0. The van der Waals surface area contributed by atoms with Crippen molar-refractivity contribution in [3.05, 3.63) is 0 Å². The van der Waals surface area contributed by atoms with Crippen LogP contribution in [0.1, 0.15) is 12.8 Å². The van der Waals surface area contributed by atoms with Crippen LogP contribution in [-0.2, 0) is 0 Å². The van der Waals surface area contributed by atoms with E-state index in [1.807, 2.05) is 0 Å². The van der Waals surface area contributed by atoms with Crippen LogP contribution < -0.4 is 11.3 Å². The van der Waals surface area contributed by atoms with Gasteiger partial charge in [0.05, 0.1) is 0 Å². The minimum atomic E-state index is 0.371. The molecule has 0 aliphatic heterocycles. The Bertz CT molecular complexity index is 80.5. The summed E-state index contributed by atoms with van der Waals surface area (Å²) in [5.74, 6) is 5.87. The maximum atomic E-state index is 5.64. The Labute approximate surface area is 54.4 Å². The SMILES string of the molecule is NNCC1(CCl)CC1. The van der Waals surface area contributed by atoms with Crippen LogP contribution in [0.25, 0.3) is 0 Å². The molecule has 1 aliphatic rings. The van der Waals surface area contributed by atoms with E-state index in [1.54, 1.807) is 0 Å². The summed E-state index contributed by atoms with van der Waals surface area (Å²) in [6.07, 6.45) is 2.47. The first-order chi connectivity index (χ1) is 3.83. The van der Waals surface area contributed by atoms with Crippen LogP contribution in [0.4, 0.5) is 0 Å². The molecule has 0 unspecified atom stereocenters. The van der Waals surface area contributed by atoms with Crippen molar-refractivity contribution in [2.24, 2.45) is 11.3 Å². The van der Waals surface area contributed by atoms with Gasteiger partial charge in [0, 0.05) is 12.4 Å². The molecule has 0 radical (unpaired) electrons. The fourth-order valence-corrected chi connectivity index (χ4v) is 1.11. The van der Waals surface area contributed by atoms with Gasteiger partial charge in [-0.2, -0.15) is 0 Å². The van der Waals surface area contributed by atoms with Crippen molar-refractivity contribution in [2.75, 3.05) is 12.4 Å². The van der Waals surface area contributed by atoms with Crippen molar-refractivity contribution in [3.8, 4) is 0 Å². The molecule has 0 bridgehead atoms. The van der Waals surface area contributed by atoms with E-state index in [2.05, 4.69) is 5.43 Å². The molecule has 0 heterocycles. The summed E-state index contributed by atoms with van der Waals surface area (Å²) in [5, 5.41) is 0. The third-order valence-corrected chi connectivity index (χ3v) is 2.28. The van der Waals surface area contributed by atoms with E-state index in [0.717, 1.165) is 12.4 Å². The molecule has 0 atom stereocenters. The van der Waals surface area contributed by atoms with E-state index in [1.165, 1.54) is 12.8 Å². The molecule has 0 aromatic carbocycles. The highest BCUT2D eigenvalue weighted by Crippen LogP contribution is 2.45. The molecule has 0 aromatic rings. The number of halogens is 1. The molecule has 0 saturated heterocycles. The van der Waals surface area contributed by atoms with Crippen LogP contribution >= 0.6 is 11.6 Å². The van der Waals surface area contributed by atoms with Gasteiger partial charge in [-0.15, -0.1) is 11.6 Å². The Hall–Kier alpha value is 0.210. The largest absolute Gasteiger partial charge is 0.271 e. The van der Waals surface area contributed by atoms with Gasteiger partial charge < -0.3 is 0 Å². The first kappa shape index (κ1) is 6.33. The van der Waals surface area contributed by atoms with E-state index in [-0.39, 0.29) is 0 Å². The molecule has 1 rings (SSSR count). The third kappa shape index (κ3) is 1.13. The van der Waals surface area contributed by atoms with E-state index < -0.39 is 0 Å². The zero-order valence-corrected chi connectivity index (χ0v) is 5.54. The second kappa shape index (κ2) is 2.21. The van der Waals surface area contributed by atoms with Crippen molar-refractivity contribution in [3.63, 3.8) is 0 Å². The van der Waals surface area contributed by atoms with E-state index in [4.69, 9.17) is 17.4 Å². The van der Waals surface area contributed by atoms with Crippen LogP contribution in [0, 0.1) is 5.41 Å². The molecule has 0 aromatic heterocycles. The summed E-state index contributed by atoms with van der Waals surface area (Å²) in [4.78, 5) is 0. The van der Waals surface area contributed by atoms with Crippen LogP contribution in [0.2, 0.25) is 0 Å². The van der Waals surface area contributed by atoms with E-state index in [9.17, 15) is 0 Å². The first-order valence-electron chi connectivity index (χ1n) is 2.82. The second-order valence-corrected chi connectivity index (χ2v) is 2.78. The quantitative estimate of drug-likeness (QED) is 0.335. The highest BCUT2D eigenvalue weighted by molar-refractivity contribution is 6.18. The molecule has 2 nitrogen and oxygen atoms in total. The highest BCUT2D eigenvalue weighted by atomic mass is 35.5. The van der Waals surface area contributed by atoms with Crippen LogP contribution in [0.5, 0.6) is 0 Å². The summed E-state index contributed by atoms with van der Waals surface area (Å²) in [7, 11) is 0. The highest BCUT2D eigenvalue weighted by Gasteiger charge is 2.40. The lowest BCUT2D eigenvalue weighted by Crippen LogP contribution is -2.30. The molecular formula is C5H11ClN2. The lowest BCUT2D eigenvalue weighted by Gasteiger charge is -2.07. The van der Waals surface area contributed by atoms with Gasteiger partial charge in [-0.25, -0.2) is 0 Å². The Kier molecular flexibility index (Phi) is 1.75. The number of hydrogen-bond donors (Lipinski definition) is 2. The van der Waals surface area contributed by atoms with Crippen molar-refractivity contribution >= 4 is 11.6 Å². The molecular weight excluding hydrogens is 124 g/mol. The molecule has 1 saturated carbocycles. The molecule has 8 heavy (non-hydrogen) atoms. The molecule has 1 fully saturated rings. The summed E-state index contributed by atoms with van der Waals surface area (Å²) in [5.41, 5.74) is 3.01. The number of alkyl halides is 1. The number of nitrogens with two attached hydrogens (primary N) is 1. The van der Waals surface area contributed by atoms with Crippen LogP contribution in [-0.4, -0.2) is 12.4 Å². The monoisotopic (exact) mass is 134 g/mol. The fourth-order valence-electron chi connectivity index (χ4n) is 0.751. The average Bonchev–Trinajstić information content (AvgIpc) is 2.50. The average molecular weight is 135 g/mol. The Morgan fingerprint density at radius 3 is 2.38 bits per heavy atom. The van der Waals surface area contributed by atoms with Crippen molar-refractivity contribution in [1.29, 1.82) is 0 Å². The normalized spacial score (nSPS) is 23.2. The number of hydrogen-bond acceptors (Lipinski definition) is 2. The standard InChI is InChI=1S/C5H11ClN2/c6-3-5(1-2-5)4-8-7/h8H,1-4,7H2. The maximum Gasteiger partial charge on any atom is 0.0292 e. The van der Waals surface area contributed by atoms with Crippen LogP contribution in [0.15, 0.2) is 0 Å². The van der Waals surface area contributed by atoms with Gasteiger partial charge in [0.2, 0.25) is 0 Å². The smallest absolute Gasteiger partial charge is 0.0292 e. The Balaban J connectivity index is 2.20. The zero-order valence-electron chi connectivity index (χ0n) is 4.78. The molecule has 3 N–H and O–H groups in total. The lowest BCUT2D eigenvalue weighted by molar-refractivity contribution is 0.517. The molecule has 48 valence electrons. The minimum absolute atomic E-state index is 0.371. The summed E-state index contributed by atoms with van der Waals surface area (Å²) < 4.78 is 0. The first-order valence-corrected chi connectivity index (χ1v) is 3.36. The Morgan fingerprint density at radius 2 is 2.25 bits per heavy atom. The predicted molar refractivity (Wildman–Crippen MR) is 34.6 cm³/mol. The molecule has 0 spiro atoms. The van der Waals surface area contributed by atoms with Crippen LogP contribution in [0.3, 0.4) is 0 Å². The maximum absolute atomic E-state index is 5.64. The summed E-state index contributed by atoms with van der Waals surface area (Å²) >= 11 is 5.64. The zero-order chi connectivity index (χ0) is 6.04. The number of nitrogens with one attached hydrogen (secondary N) is 1. The topological polar surface area (TPSA) is 38.0 Å². The van der Waals surface area contributed by atoms with E-state index in [0.29, 0.717) is 5.41 Å². The van der Waals surface area contributed by atoms with Crippen molar-refractivity contribution < 1.29 is 0 Å². The molecule has 3 heteroatoms. The van der Waals surface area contributed by atoms with Gasteiger partial charge in [0.15, 0.2) is 0 Å². The van der Waals surface area contributed by atoms with Crippen molar-refractivity contribution in [1.82, 2.24) is 5.43 Å². The van der Waals surface area contributed by atoms with Gasteiger partial charge in [-0.1, -0.05) is 0 Å². The Morgan fingerprint density at radius 1 is 1.62 bits per heavy atom. The fraction of sp³-hybridized carbons (Fsp3) is 1.00. The van der Waals surface area contributed by atoms with Gasteiger partial charge in [0.1, 0.15) is 0 Å². The molecule has 0 amide bonds. The number of hydrazine groups is 1. The van der Waals surface area contributed by atoms with Gasteiger partial charge in [0.25, 0.3) is 0 Å². The lowest BCUT2D eigenvalue weighted by atomic mass is 10.1. The van der Waals surface area contributed by atoms with Gasteiger partial charge in [-0.3, -0.25) is 11.3 Å². The predicted octanol–water partition coefficient (Wildman–Crippen LogP) is 0.469. The van der Waals surface area contributed by atoms with Gasteiger partial charge in [-0.05, 0) is 18.3 Å².